The summed E-state index contributed by atoms with van der Waals surface area (Å²) in [6, 6.07) is 5.25. The molecule has 4 heteroatoms. The monoisotopic (exact) mass is 345 g/mol. The van der Waals surface area contributed by atoms with Crippen LogP contribution < -0.4 is 5.73 Å². The van der Waals surface area contributed by atoms with Gasteiger partial charge in [0.05, 0.1) is 0 Å². The van der Waals surface area contributed by atoms with Gasteiger partial charge in [0.25, 0.3) is 0 Å². The van der Waals surface area contributed by atoms with E-state index in [1.54, 1.807) is 0 Å². The zero-order chi connectivity index (χ0) is 13.7. The molecular weight excluding hydrogens is 325 g/mol. The normalized spacial score (nSPS) is 18.5. The molecule has 1 saturated carbocycles. The van der Waals surface area contributed by atoms with Gasteiger partial charge in [-0.05, 0) is 37.0 Å². The summed E-state index contributed by atoms with van der Waals surface area (Å²) in [5.74, 6) is 0.771. The van der Waals surface area contributed by atoms with Crippen LogP contribution in [0.2, 0.25) is 0 Å². The second-order valence-corrected chi connectivity index (χ2v) is 7.54. The number of rotatable bonds is 5. The van der Waals surface area contributed by atoms with Crippen molar-refractivity contribution in [3.63, 3.8) is 0 Å². The van der Waals surface area contributed by atoms with E-state index < -0.39 is 0 Å². The predicted molar refractivity (Wildman–Crippen MR) is 85.1 cm³/mol. The fraction of sp³-hybridized carbons (Fsp3) is 0.600. The van der Waals surface area contributed by atoms with Crippen LogP contribution in [0.4, 0.5) is 4.39 Å². The molecule has 1 aromatic rings. The van der Waals surface area contributed by atoms with Crippen molar-refractivity contribution in [2.75, 3.05) is 5.75 Å². The highest BCUT2D eigenvalue weighted by molar-refractivity contribution is 9.10. The molecule has 2 N–H and O–H groups in total. The zero-order valence-electron chi connectivity index (χ0n) is 11.1. The lowest BCUT2D eigenvalue weighted by molar-refractivity contribution is 0.515. The molecule has 106 valence electrons. The Kier molecular flexibility index (Phi) is 6.17. The van der Waals surface area contributed by atoms with Crippen LogP contribution >= 0.6 is 27.7 Å². The van der Waals surface area contributed by atoms with Crippen LogP contribution in [-0.2, 0) is 6.42 Å². The van der Waals surface area contributed by atoms with Gasteiger partial charge in [0.1, 0.15) is 5.82 Å². The van der Waals surface area contributed by atoms with Crippen LogP contribution in [0.1, 0.15) is 37.7 Å². The van der Waals surface area contributed by atoms with Crippen molar-refractivity contribution < 1.29 is 4.39 Å². The molecular formula is C15H21BrFNS. The van der Waals surface area contributed by atoms with Crippen molar-refractivity contribution in [1.29, 1.82) is 0 Å². The van der Waals surface area contributed by atoms with Gasteiger partial charge >= 0.3 is 0 Å². The van der Waals surface area contributed by atoms with Crippen LogP contribution in [0.3, 0.4) is 0 Å². The molecule has 0 amide bonds. The van der Waals surface area contributed by atoms with E-state index in [9.17, 15) is 4.39 Å². The SMILES string of the molecule is NC(CSC1CCCCC1)Cc1ccc(Br)cc1F. The second-order valence-electron chi connectivity index (χ2n) is 5.29. The van der Waals surface area contributed by atoms with E-state index >= 15 is 0 Å². The molecule has 0 radical (unpaired) electrons. The van der Waals surface area contributed by atoms with Gasteiger partial charge in [-0.25, -0.2) is 4.39 Å². The highest BCUT2D eigenvalue weighted by Crippen LogP contribution is 2.28. The Hall–Kier alpha value is -0.0600. The van der Waals surface area contributed by atoms with Crippen LogP contribution in [0.15, 0.2) is 22.7 Å². The zero-order valence-corrected chi connectivity index (χ0v) is 13.5. The highest BCUT2D eigenvalue weighted by Gasteiger charge is 2.16. The van der Waals surface area contributed by atoms with E-state index in [0.29, 0.717) is 6.42 Å². The van der Waals surface area contributed by atoms with Crippen LogP contribution in [0.5, 0.6) is 0 Å². The lowest BCUT2D eigenvalue weighted by Crippen LogP contribution is -2.27. The summed E-state index contributed by atoms with van der Waals surface area (Å²) < 4.78 is 14.5. The quantitative estimate of drug-likeness (QED) is 0.848. The van der Waals surface area contributed by atoms with Crippen LogP contribution in [-0.4, -0.2) is 17.0 Å². The van der Waals surface area contributed by atoms with Gasteiger partial charge in [-0.1, -0.05) is 41.3 Å². The van der Waals surface area contributed by atoms with Crippen molar-refractivity contribution in [2.45, 2.75) is 49.8 Å². The minimum absolute atomic E-state index is 0.0441. The third kappa shape index (κ3) is 5.09. The number of nitrogens with two attached hydrogens (primary N) is 1. The molecule has 1 aliphatic carbocycles. The fourth-order valence-electron chi connectivity index (χ4n) is 2.52. The number of hydrogen-bond acceptors (Lipinski definition) is 2. The van der Waals surface area contributed by atoms with Gasteiger partial charge in [0.15, 0.2) is 0 Å². The summed E-state index contributed by atoms with van der Waals surface area (Å²) in [5.41, 5.74) is 6.85. The van der Waals surface area contributed by atoms with E-state index in [4.69, 9.17) is 5.73 Å². The summed E-state index contributed by atoms with van der Waals surface area (Å²) in [5, 5.41) is 0.773. The van der Waals surface area contributed by atoms with Gasteiger partial charge in [-0.15, -0.1) is 0 Å². The average Bonchev–Trinajstić information content (AvgIpc) is 2.41. The molecule has 0 saturated heterocycles. The molecule has 1 unspecified atom stereocenters. The fourth-order valence-corrected chi connectivity index (χ4v) is 4.16. The summed E-state index contributed by atoms with van der Waals surface area (Å²) in [4.78, 5) is 0. The van der Waals surface area contributed by atoms with Crippen molar-refractivity contribution in [3.05, 3.63) is 34.1 Å². The second kappa shape index (κ2) is 7.65. The minimum atomic E-state index is -0.160. The predicted octanol–water partition coefficient (Wildman–Crippen LogP) is 4.52. The lowest BCUT2D eigenvalue weighted by atomic mass is 10.0. The smallest absolute Gasteiger partial charge is 0.127 e. The first-order chi connectivity index (χ1) is 9.15. The maximum atomic E-state index is 13.7. The molecule has 0 spiro atoms. The first kappa shape index (κ1) is 15.3. The Bertz CT molecular complexity index is 407. The largest absolute Gasteiger partial charge is 0.327 e. The molecule has 0 aromatic heterocycles. The van der Waals surface area contributed by atoms with E-state index in [0.717, 1.165) is 21.0 Å². The molecule has 1 nitrogen and oxygen atoms in total. The third-order valence-corrected chi connectivity index (χ3v) is 5.65. The Morgan fingerprint density at radius 1 is 1.32 bits per heavy atom. The molecule has 1 aliphatic rings. The molecule has 0 aliphatic heterocycles. The van der Waals surface area contributed by atoms with Gasteiger partial charge in [0.2, 0.25) is 0 Å². The van der Waals surface area contributed by atoms with Gasteiger partial charge < -0.3 is 5.73 Å². The first-order valence-corrected chi connectivity index (χ1v) is 8.80. The molecule has 1 fully saturated rings. The van der Waals surface area contributed by atoms with E-state index in [2.05, 4.69) is 15.9 Å². The molecule has 1 aromatic carbocycles. The van der Waals surface area contributed by atoms with E-state index in [1.165, 1.54) is 38.2 Å². The standard InChI is InChI=1S/C15H21BrFNS/c16-12-7-6-11(15(17)9-12)8-13(18)10-19-14-4-2-1-3-5-14/h6-7,9,13-14H,1-5,8,10,18H2. The number of benzene rings is 1. The molecule has 0 heterocycles. The average molecular weight is 346 g/mol. The van der Waals surface area contributed by atoms with Crippen LogP contribution in [0, 0.1) is 5.82 Å². The van der Waals surface area contributed by atoms with Crippen LogP contribution in [0.25, 0.3) is 0 Å². The van der Waals surface area contributed by atoms with Crippen molar-refractivity contribution in [2.24, 2.45) is 5.73 Å². The Morgan fingerprint density at radius 3 is 2.74 bits per heavy atom. The molecule has 0 bridgehead atoms. The Morgan fingerprint density at radius 2 is 2.05 bits per heavy atom. The number of hydrogen-bond donors (Lipinski definition) is 1. The van der Waals surface area contributed by atoms with E-state index in [-0.39, 0.29) is 11.9 Å². The first-order valence-electron chi connectivity index (χ1n) is 6.96. The van der Waals surface area contributed by atoms with Crippen molar-refractivity contribution in [3.8, 4) is 0 Å². The summed E-state index contributed by atoms with van der Waals surface area (Å²) in [6.07, 6.45) is 7.36. The number of halogens is 2. The lowest BCUT2D eigenvalue weighted by Gasteiger charge is -2.22. The summed E-state index contributed by atoms with van der Waals surface area (Å²) in [6.45, 7) is 0. The Labute approximate surface area is 127 Å². The summed E-state index contributed by atoms with van der Waals surface area (Å²) >= 11 is 5.25. The van der Waals surface area contributed by atoms with Gasteiger partial charge in [-0.2, -0.15) is 11.8 Å². The summed E-state index contributed by atoms with van der Waals surface area (Å²) in [7, 11) is 0. The molecule has 19 heavy (non-hydrogen) atoms. The minimum Gasteiger partial charge on any atom is -0.327 e. The topological polar surface area (TPSA) is 26.0 Å². The maximum Gasteiger partial charge on any atom is 0.127 e. The van der Waals surface area contributed by atoms with Crippen molar-refractivity contribution in [1.82, 2.24) is 0 Å². The van der Waals surface area contributed by atoms with Gasteiger partial charge in [-0.3, -0.25) is 0 Å². The molecule has 2 rings (SSSR count). The third-order valence-electron chi connectivity index (χ3n) is 3.60. The number of thioether (sulfide) groups is 1. The van der Waals surface area contributed by atoms with Crippen molar-refractivity contribution >= 4 is 27.7 Å². The Balaban J connectivity index is 1.78. The molecule has 1 atom stereocenters. The highest BCUT2D eigenvalue weighted by atomic mass is 79.9. The van der Waals surface area contributed by atoms with Gasteiger partial charge in [0, 0.05) is 21.5 Å². The maximum absolute atomic E-state index is 13.7. The van der Waals surface area contributed by atoms with E-state index in [1.807, 2.05) is 23.9 Å².